The first-order valence-corrected chi connectivity index (χ1v) is 16.4. The molecule has 3 aliphatic rings. The third-order valence-electron chi connectivity index (χ3n) is 9.81. The second-order valence-corrected chi connectivity index (χ2v) is 12.9. The van der Waals surface area contributed by atoms with Crippen molar-refractivity contribution in [2.45, 2.75) is 101 Å². The largest absolute Gasteiger partial charge is 0.496 e. The number of hydrogen-bond donors (Lipinski definition) is 3. The Hall–Kier alpha value is -3.34. The molecular formula is C35H48ClN3O7. The molecule has 1 saturated carbocycles. The standard InChI is InChI=1S/C35H47N3O7.ClH/c1-3-4-19-38-31(39)29(23-34(43)15-7-5-6-8-16-34)36-33(42)35(38)17-20-37(21-18-35)24-25-9-11-26(12-10-25)45-27-13-14-28(32(40)41)30(22-27)44-2;/h9-14,22,29,43H,3-8,15-21,23-24H2,1-2H3,(H,36,42)(H,40,41);1H/t29-;/m1./s1. The summed E-state index contributed by atoms with van der Waals surface area (Å²) in [5.74, 6) is 0.144. The van der Waals surface area contributed by atoms with Crippen LogP contribution in [-0.2, 0) is 16.1 Å². The average Bonchev–Trinajstić information content (AvgIpc) is 3.25. The van der Waals surface area contributed by atoms with Crippen LogP contribution in [0.4, 0.5) is 0 Å². The molecule has 1 spiro atoms. The molecule has 1 atom stereocenters. The monoisotopic (exact) mass is 657 g/mol. The number of piperazine rings is 1. The number of amides is 2. The van der Waals surface area contributed by atoms with E-state index in [2.05, 4.69) is 17.1 Å². The molecule has 2 aliphatic heterocycles. The van der Waals surface area contributed by atoms with Crippen molar-refractivity contribution in [2.24, 2.45) is 0 Å². The van der Waals surface area contributed by atoms with Crippen LogP contribution in [0.15, 0.2) is 42.5 Å². The van der Waals surface area contributed by atoms with Crippen LogP contribution in [0.25, 0.3) is 0 Å². The van der Waals surface area contributed by atoms with Crippen molar-refractivity contribution in [1.29, 1.82) is 0 Å². The summed E-state index contributed by atoms with van der Waals surface area (Å²) >= 11 is 0. The zero-order valence-electron chi connectivity index (χ0n) is 27.0. The lowest BCUT2D eigenvalue weighted by atomic mass is 9.79. The smallest absolute Gasteiger partial charge is 0.339 e. The minimum Gasteiger partial charge on any atom is -0.496 e. The van der Waals surface area contributed by atoms with E-state index in [1.54, 1.807) is 12.1 Å². The van der Waals surface area contributed by atoms with Crippen LogP contribution in [0.1, 0.15) is 93.5 Å². The van der Waals surface area contributed by atoms with E-state index in [-0.39, 0.29) is 35.5 Å². The summed E-state index contributed by atoms with van der Waals surface area (Å²) in [6.07, 6.45) is 8.70. The Labute approximate surface area is 277 Å². The van der Waals surface area contributed by atoms with Gasteiger partial charge in [0.1, 0.15) is 34.4 Å². The fraction of sp³-hybridized carbons (Fsp3) is 0.571. The maximum atomic E-state index is 13.9. The number of carboxylic acid groups (broad SMARTS) is 1. The number of unbranched alkanes of at least 4 members (excludes halogenated alkanes) is 1. The number of rotatable bonds is 11. The molecule has 2 aromatic carbocycles. The second-order valence-electron chi connectivity index (χ2n) is 12.9. The molecule has 2 saturated heterocycles. The lowest BCUT2D eigenvalue weighted by Gasteiger charge is -2.52. The number of aliphatic hydroxyl groups is 1. The van der Waals surface area contributed by atoms with E-state index in [0.717, 1.165) is 44.1 Å². The summed E-state index contributed by atoms with van der Waals surface area (Å²) in [6, 6.07) is 11.7. The summed E-state index contributed by atoms with van der Waals surface area (Å²) in [6.45, 7) is 4.73. The number of nitrogens with one attached hydrogen (secondary N) is 1. The van der Waals surface area contributed by atoms with Gasteiger partial charge in [0.15, 0.2) is 0 Å². The number of likely N-dealkylation sites (tertiary alicyclic amines) is 1. The summed E-state index contributed by atoms with van der Waals surface area (Å²) in [7, 11) is 1.42. The molecule has 0 aromatic heterocycles. The summed E-state index contributed by atoms with van der Waals surface area (Å²) in [5, 5.41) is 23.7. The lowest BCUT2D eigenvalue weighted by Crippen LogP contribution is -2.73. The van der Waals surface area contributed by atoms with Crippen molar-refractivity contribution >= 4 is 30.2 Å². The number of carbonyl (C=O) groups is 3. The maximum absolute atomic E-state index is 13.9. The molecule has 3 fully saturated rings. The van der Waals surface area contributed by atoms with Gasteiger partial charge >= 0.3 is 5.97 Å². The topological polar surface area (TPSA) is 129 Å². The van der Waals surface area contributed by atoms with E-state index in [1.165, 1.54) is 13.2 Å². The minimum absolute atomic E-state index is 0. The van der Waals surface area contributed by atoms with Crippen LogP contribution < -0.4 is 14.8 Å². The third kappa shape index (κ3) is 7.96. The Morgan fingerprint density at radius 2 is 1.63 bits per heavy atom. The Balaban J connectivity index is 0.00000480. The molecule has 252 valence electrons. The van der Waals surface area contributed by atoms with Gasteiger partial charge in [0.25, 0.3) is 0 Å². The highest BCUT2D eigenvalue weighted by Gasteiger charge is 2.54. The zero-order valence-corrected chi connectivity index (χ0v) is 27.8. The molecule has 5 rings (SSSR count). The number of carbonyl (C=O) groups excluding carboxylic acids is 2. The highest BCUT2D eigenvalue weighted by molar-refractivity contribution is 6.00. The normalized spacial score (nSPS) is 21.2. The summed E-state index contributed by atoms with van der Waals surface area (Å²) < 4.78 is 11.1. The Morgan fingerprint density at radius 1 is 0.978 bits per heavy atom. The van der Waals surface area contributed by atoms with E-state index in [1.807, 2.05) is 29.2 Å². The van der Waals surface area contributed by atoms with Gasteiger partial charge in [0, 0.05) is 38.7 Å². The lowest BCUT2D eigenvalue weighted by molar-refractivity contribution is -0.163. The van der Waals surface area contributed by atoms with E-state index >= 15 is 0 Å². The predicted octanol–water partition coefficient (Wildman–Crippen LogP) is 5.54. The van der Waals surface area contributed by atoms with Crippen LogP contribution >= 0.6 is 12.4 Å². The van der Waals surface area contributed by atoms with Crippen molar-refractivity contribution in [1.82, 2.24) is 15.1 Å². The molecule has 10 nitrogen and oxygen atoms in total. The number of carboxylic acids is 1. The molecular weight excluding hydrogens is 610 g/mol. The highest BCUT2D eigenvalue weighted by Crippen LogP contribution is 2.37. The van der Waals surface area contributed by atoms with Gasteiger partial charge in [-0.1, -0.05) is 51.2 Å². The first-order valence-electron chi connectivity index (χ1n) is 16.4. The van der Waals surface area contributed by atoms with Crippen molar-refractivity contribution in [2.75, 3.05) is 26.7 Å². The van der Waals surface area contributed by atoms with Gasteiger partial charge in [0.05, 0.1) is 12.7 Å². The highest BCUT2D eigenvalue weighted by atomic mass is 35.5. The van der Waals surface area contributed by atoms with Gasteiger partial charge in [-0.2, -0.15) is 0 Å². The summed E-state index contributed by atoms with van der Waals surface area (Å²) in [5.41, 5.74) is -0.575. The zero-order chi connectivity index (χ0) is 32.0. The number of nitrogens with zero attached hydrogens (tertiary/aromatic N) is 2. The Kier molecular flexibility index (Phi) is 12.0. The minimum atomic E-state index is -1.07. The molecule has 2 aromatic rings. The molecule has 3 N–H and O–H groups in total. The number of halogens is 1. The van der Waals surface area contributed by atoms with Crippen molar-refractivity contribution < 1.29 is 34.1 Å². The summed E-state index contributed by atoms with van der Waals surface area (Å²) in [4.78, 5) is 43.2. The molecule has 2 amide bonds. The van der Waals surface area contributed by atoms with E-state index < -0.39 is 23.2 Å². The van der Waals surface area contributed by atoms with Gasteiger partial charge in [-0.3, -0.25) is 14.5 Å². The SMILES string of the molecule is CCCCN1C(=O)[C@@H](CC2(O)CCCCCC2)NC(=O)C12CCN(Cc1ccc(Oc3ccc(C(=O)O)c(OC)c3)cc1)CC2.Cl. The average molecular weight is 658 g/mol. The molecule has 0 radical (unpaired) electrons. The first-order chi connectivity index (χ1) is 21.7. The van der Waals surface area contributed by atoms with Gasteiger partial charge in [-0.25, -0.2) is 4.79 Å². The molecule has 46 heavy (non-hydrogen) atoms. The second kappa shape index (κ2) is 15.5. The Morgan fingerprint density at radius 3 is 2.24 bits per heavy atom. The van der Waals surface area contributed by atoms with Crippen LogP contribution in [0.3, 0.4) is 0 Å². The van der Waals surface area contributed by atoms with Crippen LogP contribution in [-0.4, -0.2) is 81.7 Å². The fourth-order valence-corrected chi connectivity index (χ4v) is 7.17. The molecule has 2 heterocycles. The van der Waals surface area contributed by atoms with Crippen LogP contribution in [0.2, 0.25) is 0 Å². The molecule has 0 bridgehead atoms. The number of methoxy groups -OCH3 is 1. The third-order valence-corrected chi connectivity index (χ3v) is 9.81. The maximum Gasteiger partial charge on any atom is 0.339 e. The van der Waals surface area contributed by atoms with E-state index in [0.29, 0.717) is 69.8 Å². The first kappa shape index (κ1) is 35.5. The van der Waals surface area contributed by atoms with Gasteiger partial charge in [-0.15, -0.1) is 12.4 Å². The van der Waals surface area contributed by atoms with E-state index in [9.17, 15) is 24.6 Å². The number of piperidine rings is 1. The quantitative estimate of drug-likeness (QED) is 0.269. The van der Waals surface area contributed by atoms with Crippen molar-refractivity contribution in [3.05, 3.63) is 53.6 Å². The molecule has 1 aliphatic carbocycles. The number of hydrogen-bond acceptors (Lipinski definition) is 7. The van der Waals surface area contributed by atoms with E-state index in [4.69, 9.17) is 9.47 Å². The Bertz CT molecular complexity index is 1350. The molecule has 0 unspecified atom stereocenters. The predicted molar refractivity (Wildman–Crippen MR) is 177 cm³/mol. The fourth-order valence-electron chi connectivity index (χ4n) is 7.17. The van der Waals surface area contributed by atoms with Gasteiger partial charge in [0.2, 0.25) is 11.8 Å². The van der Waals surface area contributed by atoms with Gasteiger partial charge < -0.3 is 29.9 Å². The van der Waals surface area contributed by atoms with Crippen LogP contribution in [0.5, 0.6) is 17.2 Å². The van der Waals surface area contributed by atoms with Gasteiger partial charge in [-0.05, 0) is 61.9 Å². The number of benzene rings is 2. The number of aromatic carboxylic acids is 1. The number of ether oxygens (including phenoxy) is 2. The van der Waals surface area contributed by atoms with Crippen molar-refractivity contribution in [3.8, 4) is 17.2 Å². The van der Waals surface area contributed by atoms with Crippen LogP contribution in [0, 0.1) is 0 Å². The van der Waals surface area contributed by atoms with Crippen molar-refractivity contribution in [3.63, 3.8) is 0 Å². The molecule has 11 heteroatoms.